The molecule has 0 aliphatic carbocycles. The summed E-state index contributed by atoms with van der Waals surface area (Å²) in [6.45, 7) is 3.30. The summed E-state index contributed by atoms with van der Waals surface area (Å²) in [7, 11) is 0. The summed E-state index contributed by atoms with van der Waals surface area (Å²) in [5.41, 5.74) is 0.840. The smallest absolute Gasteiger partial charge is 0.120 e. The molecule has 18 heavy (non-hydrogen) atoms. The number of piperazine rings is 1. The van der Waals surface area contributed by atoms with E-state index >= 15 is 0 Å². The maximum absolute atomic E-state index is 12.7. The van der Waals surface area contributed by atoms with Crippen LogP contribution in [0, 0.1) is 0 Å². The second-order valence-corrected chi connectivity index (χ2v) is 4.34. The van der Waals surface area contributed by atoms with Crippen LogP contribution in [0.1, 0.15) is 18.0 Å². The zero-order valence-electron chi connectivity index (χ0n) is 10.3. The van der Waals surface area contributed by atoms with Crippen LogP contribution in [0.15, 0.2) is 24.3 Å². The molecule has 2 N–H and O–H groups in total. The zero-order valence-corrected chi connectivity index (χ0v) is 11.1. The molecule has 0 spiro atoms. The van der Waals surface area contributed by atoms with Crippen molar-refractivity contribution in [1.82, 2.24) is 10.2 Å². The summed E-state index contributed by atoms with van der Waals surface area (Å²) < 4.78 is 12.7. The van der Waals surface area contributed by atoms with Gasteiger partial charge in [0.15, 0.2) is 0 Å². The predicted molar refractivity (Wildman–Crippen MR) is 73.1 cm³/mol. The molecule has 5 heteroatoms. The summed E-state index contributed by atoms with van der Waals surface area (Å²) in [6, 6.07) is 7.23. The lowest BCUT2D eigenvalue weighted by Gasteiger charge is -2.35. The SMILES string of the molecule is Cl.Oc1ccccc1[C@H](CCF)N1CCNCC1. The molecule has 1 aliphatic heterocycles. The van der Waals surface area contributed by atoms with Gasteiger partial charge in [0, 0.05) is 37.8 Å². The van der Waals surface area contributed by atoms with E-state index in [-0.39, 0.29) is 30.9 Å². The summed E-state index contributed by atoms with van der Waals surface area (Å²) >= 11 is 0. The van der Waals surface area contributed by atoms with E-state index in [0.29, 0.717) is 6.42 Å². The summed E-state index contributed by atoms with van der Waals surface area (Å²) in [6.07, 6.45) is 0.442. The van der Waals surface area contributed by atoms with Gasteiger partial charge >= 0.3 is 0 Å². The normalized spacial score (nSPS) is 18.1. The molecule has 0 saturated carbocycles. The molecule has 102 valence electrons. The Balaban J connectivity index is 0.00000162. The predicted octanol–water partition coefficient (Wildman–Crippen LogP) is 2.12. The molecule has 1 aliphatic rings. The van der Waals surface area contributed by atoms with Gasteiger partial charge in [-0.25, -0.2) is 0 Å². The van der Waals surface area contributed by atoms with Crippen LogP contribution in [0.2, 0.25) is 0 Å². The molecule has 0 bridgehead atoms. The Morgan fingerprint density at radius 3 is 2.56 bits per heavy atom. The van der Waals surface area contributed by atoms with E-state index in [1.165, 1.54) is 0 Å². The molecule has 0 aromatic heterocycles. The number of nitrogens with zero attached hydrogens (tertiary/aromatic N) is 1. The Morgan fingerprint density at radius 2 is 1.94 bits per heavy atom. The molecule has 1 saturated heterocycles. The van der Waals surface area contributed by atoms with Crippen molar-refractivity contribution in [1.29, 1.82) is 0 Å². The lowest BCUT2D eigenvalue weighted by atomic mass is 10.0. The quantitative estimate of drug-likeness (QED) is 0.883. The summed E-state index contributed by atoms with van der Waals surface area (Å²) in [5, 5.41) is 13.2. The second kappa shape index (κ2) is 7.56. The van der Waals surface area contributed by atoms with Crippen molar-refractivity contribution in [2.75, 3.05) is 32.9 Å². The van der Waals surface area contributed by atoms with Gasteiger partial charge in [-0.2, -0.15) is 0 Å². The zero-order chi connectivity index (χ0) is 12.1. The van der Waals surface area contributed by atoms with E-state index in [1.54, 1.807) is 12.1 Å². The largest absolute Gasteiger partial charge is 0.508 e. The lowest BCUT2D eigenvalue weighted by Crippen LogP contribution is -2.45. The molecule has 1 atom stereocenters. The van der Waals surface area contributed by atoms with E-state index in [1.807, 2.05) is 12.1 Å². The van der Waals surface area contributed by atoms with Gasteiger partial charge in [0.25, 0.3) is 0 Å². The molecule has 0 radical (unpaired) electrons. The van der Waals surface area contributed by atoms with Crippen molar-refractivity contribution in [2.45, 2.75) is 12.5 Å². The first kappa shape index (κ1) is 15.2. The van der Waals surface area contributed by atoms with Crippen LogP contribution in [0.4, 0.5) is 4.39 Å². The van der Waals surface area contributed by atoms with E-state index in [4.69, 9.17) is 0 Å². The fourth-order valence-corrected chi connectivity index (χ4v) is 2.40. The number of benzene rings is 1. The number of rotatable bonds is 4. The fraction of sp³-hybridized carbons (Fsp3) is 0.538. The van der Waals surface area contributed by atoms with Crippen molar-refractivity contribution < 1.29 is 9.50 Å². The van der Waals surface area contributed by atoms with Crippen LogP contribution in [0.25, 0.3) is 0 Å². The van der Waals surface area contributed by atoms with Crippen molar-refractivity contribution in [2.24, 2.45) is 0 Å². The number of phenols is 1. The molecule has 0 unspecified atom stereocenters. The second-order valence-electron chi connectivity index (χ2n) is 4.34. The van der Waals surface area contributed by atoms with E-state index in [2.05, 4.69) is 10.2 Å². The highest BCUT2D eigenvalue weighted by molar-refractivity contribution is 5.85. The number of halogens is 2. The van der Waals surface area contributed by atoms with Gasteiger partial charge in [0.1, 0.15) is 5.75 Å². The standard InChI is InChI=1S/C13H19FN2O.ClH/c14-6-5-12(16-9-7-15-8-10-16)11-3-1-2-4-13(11)17;/h1-4,12,15,17H,5-10H2;1H/t12-;/m0./s1. The monoisotopic (exact) mass is 274 g/mol. The Hall–Kier alpha value is -0.840. The van der Waals surface area contributed by atoms with Crippen molar-refractivity contribution >= 4 is 12.4 Å². The highest BCUT2D eigenvalue weighted by atomic mass is 35.5. The number of hydrogen-bond donors (Lipinski definition) is 2. The topological polar surface area (TPSA) is 35.5 Å². The van der Waals surface area contributed by atoms with E-state index < -0.39 is 0 Å². The molecule has 1 fully saturated rings. The number of nitrogens with one attached hydrogen (secondary N) is 1. The maximum Gasteiger partial charge on any atom is 0.120 e. The van der Waals surface area contributed by atoms with Gasteiger partial charge < -0.3 is 10.4 Å². The van der Waals surface area contributed by atoms with Crippen LogP contribution in [0.3, 0.4) is 0 Å². The number of aromatic hydroxyl groups is 1. The van der Waals surface area contributed by atoms with E-state index in [0.717, 1.165) is 31.7 Å². The average Bonchev–Trinajstić information content (AvgIpc) is 2.38. The molecule has 1 heterocycles. The van der Waals surface area contributed by atoms with Gasteiger partial charge in [-0.15, -0.1) is 12.4 Å². The number of hydrogen-bond acceptors (Lipinski definition) is 3. The highest BCUT2D eigenvalue weighted by Gasteiger charge is 2.23. The minimum atomic E-state index is -0.358. The lowest BCUT2D eigenvalue weighted by molar-refractivity contribution is 0.155. The van der Waals surface area contributed by atoms with E-state index in [9.17, 15) is 9.50 Å². The van der Waals surface area contributed by atoms with Crippen LogP contribution < -0.4 is 5.32 Å². The molecule has 1 aromatic carbocycles. The molecule has 2 rings (SSSR count). The molecular weight excluding hydrogens is 255 g/mol. The average molecular weight is 275 g/mol. The highest BCUT2D eigenvalue weighted by Crippen LogP contribution is 2.31. The third-order valence-electron chi connectivity index (χ3n) is 3.27. The summed E-state index contributed by atoms with van der Waals surface area (Å²) in [4.78, 5) is 2.24. The van der Waals surface area contributed by atoms with Crippen LogP contribution in [-0.4, -0.2) is 42.9 Å². The molecule has 3 nitrogen and oxygen atoms in total. The third-order valence-corrected chi connectivity index (χ3v) is 3.27. The third kappa shape index (κ3) is 3.57. The Bertz CT molecular complexity index is 359. The Labute approximate surface area is 113 Å². The Morgan fingerprint density at radius 1 is 1.28 bits per heavy atom. The van der Waals surface area contributed by atoms with Gasteiger partial charge in [-0.05, 0) is 12.5 Å². The fourth-order valence-electron chi connectivity index (χ4n) is 2.40. The van der Waals surface area contributed by atoms with Crippen LogP contribution in [-0.2, 0) is 0 Å². The first-order valence-corrected chi connectivity index (χ1v) is 6.11. The first-order valence-electron chi connectivity index (χ1n) is 6.11. The Kier molecular flexibility index (Phi) is 6.39. The number of alkyl halides is 1. The van der Waals surface area contributed by atoms with Crippen molar-refractivity contribution in [3.05, 3.63) is 29.8 Å². The first-order chi connectivity index (χ1) is 8.33. The van der Waals surface area contributed by atoms with Crippen LogP contribution in [0.5, 0.6) is 5.75 Å². The van der Waals surface area contributed by atoms with Gasteiger partial charge in [0.2, 0.25) is 0 Å². The van der Waals surface area contributed by atoms with Gasteiger partial charge in [0.05, 0.1) is 6.67 Å². The van der Waals surface area contributed by atoms with Gasteiger partial charge in [-0.3, -0.25) is 9.29 Å². The molecule has 1 aromatic rings. The van der Waals surface area contributed by atoms with Gasteiger partial charge in [-0.1, -0.05) is 18.2 Å². The molecular formula is C13H20ClFN2O. The minimum Gasteiger partial charge on any atom is -0.508 e. The summed E-state index contributed by atoms with van der Waals surface area (Å²) in [5.74, 6) is 0.268. The van der Waals surface area contributed by atoms with Crippen LogP contribution >= 0.6 is 12.4 Å². The number of phenolic OH excluding ortho intramolecular Hbond substituents is 1. The molecule has 0 amide bonds. The number of para-hydroxylation sites is 1. The van der Waals surface area contributed by atoms with Crippen molar-refractivity contribution in [3.63, 3.8) is 0 Å². The minimum absolute atomic E-state index is 0. The maximum atomic E-state index is 12.7. The van der Waals surface area contributed by atoms with Crippen molar-refractivity contribution in [3.8, 4) is 5.75 Å².